The van der Waals surface area contributed by atoms with Gasteiger partial charge in [-0.25, -0.2) is 14.9 Å². The number of hydrazine groups is 1. The van der Waals surface area contributed by atoms with Crippen molar-refractivity contribution in [1.82, 2.24) is 0 Å². The Balaban J connectivity index is 2.37. The first-order valence-electron chi connectivity index (χ1n) is 6.26. The monoisotopic (exact) mass is 373 g/mol. The molecule has 0 aliphatic carbocycles. The van der Waals surface area contributed by atoms with E-state index in [1.807, 2.05) is 6.92 Å². The van der Waals surface area contributed by atoms with E-state index < -0.39 is 11.1 Å². The third-order valence-corrected chi connectivity index (χ3v) is 3.65. The van der Waals surface area contributed by atoms with Crippen molar-refractivity contribution in [3.8, 4) is 0 Å². The Kier molecular flexibility index (Phi) is 5.30. The summed E-state index contributed by atoms with van der Waals surface area (Å²) < 4.78 is 0. The van der Waals surface area contributed by atoms with E-state index in [0.29, 0.717) is 5.69 Å². The molecular formula is C14H10Cl3N3O3. The molecule has 0 aromatic heterocycles. The van der Waals surface area contributed by atoms with Crippen LogP contribution in [0.3, 0.4) is 0 Å². The number of hydrogen-bond acceptors (Lipinski definition) is 3. The molecule has 0 unspecified atom stereocenters. The first-order chi connectivity index (χ1) is 10.8. The summed E-state index contributed by atoms with van der Waals surface area (Å²) in [5, 5.41) is 13.0. The van der Waals surface area contributed by atoms with Crippen molar-refractivity contribution < 1.29 is 9.83 Å². The molecule has 6 nitrogen and oxygen atoms in total. The molecule has 2 aromatic rings. The summed E-state index contributed by atoms with van der Waals surface area (Å²) in [6.45, 7) is 1.88. The minimum Gasteiger partial charge on any atom is -0.303 e. The van der Waals surface area contributed by atoms with Crippen LogP contribution in [0.2, 0.25) is 15.1 Å². The second-order valence-electron chi connectivity index (χ2n) is 4.56. The number of halogens is 3. The number of urea groups is 1. The molecule has 0 heterocycles. The quantitative estimate of drug-likeness (QED) is 0.593. The van der Waals surface area contributed by atoms with E-state index in [1.165, 1.54) is 12.1 Å². The number of nitrogens with one attached hydrogen (secondary N) is 1. The maximum absolute atomic E-state index is 12.3. The third kappa shape index (κ3) is 4.04. The molecule has 0 aliphatic rings. The SMILES string of the molecule is Cc1ccc(NC(=O)N(c2c(Cl)cc(Cl)cc2Cl)[N+](=O)[O-])cc1. The Bertz CT molecular complexity index is 743. The Morgan fingerprint density at radius 3 is 2.13 bits per heavy atom. The van der Waals surface area contributed by atoms with E-state index in [9.17, 15) is 14.9 Å². The average molecular weight is 375 g/mol. The second-order valence-corrected chi connectivity index (χ2v) is 5.81. The molecule has 0 spiro atoms. The van der Waals surface area contributed by atoms with E-state index >= 15 is 0 Å². The zero-order valence-electron chi connectivity index (χ0n) is 11.7. The first kappa shape index (κ1) is 17.3. The Morgan fingerprint density at radius 1 is 1.13 bits per heavy atom. The smallest absolute Gasteiger partial charge is 0.303 e. The van der Waals surface area contributed by atoms with Crippen molar-refractivity contribution in [2.45, 2.75) is 6.92 Å². The van der Waals surface area contributed by atoms with Gasteiger partial charge in [-0.1, -0.05) is 52.5 Å². The van der Waals surface area contributed by atoms with Gasteiger partial charge in [-0.2, -0.15) is 0 Å². The Hall–Kier alpha value is -2.02. The average Bonchev–Trinajstić information content (AvgIpc) is 2.44. The zero-order chi connectivity index (χ0) is 17.1. The van der Waals surface area contributed by atoms with Gasteiger partial charge >= 0.3 is 6.03 Å². The number of rotatable bonds is 3. The molecule has 23 heavy (non-hydrogen) atoms. The van der Waals surface area contributed by atoms with Crippen LogP contribution in [0.4, 0.5) is 16.2 Å². The van der Waals surface area contributed by atoms with Crippen molar-refractivity contribution in [3.05, 3.63) is 67.1 Å². The fourth-order valence-electron chi connectivity index (χ4n) is 1.81. The highest BCUT2D eigenvalue weighted by atomic mass is 35.5. The maximum Gasteiger partial charge on any atom is 0.385 e. The van der Waals surface area contributed by atoms with Crippen LogP contribution < -0.4 is 10.3 Å². The molecule has 0 atom stereocenters. The molecule has 2 rings (SSSR count). The first-order valence-corrected chi connectivity index (χ1v) is 7.39. The fraction of sp³-hybridized carbons (Fsp3) is 0.0714. The molecule has 0 saturated heterocycles. The van der Waals surface area contributed by atoms with Gasteiger partial charge in [-0.3, -0.25) is 0 Å². The molecule has 0 bridgehead atoms. The summed E-state index contributed by atoms with van der Waals surface area (Å²) in [4.78, 5) is 23.5. The van der Waals surface area contributed by atoms with Crippen LogP contribution in [0, 0.1) is 17.0 Å². The summed E-state index contributed by atoms with van der Waals surface area (Å²) in [5.41, 5.74) is 1.12. The maximum atomic E-state index is 12.3. The van der Waals surface area contributed by atoms with E-state index in [2.05, 4.69) is 5.32 Å². The number of carbonyl (C=O) groups is 1. The highest BCUT2D eigenvalue weighted by Crippen LogP contribution is 2.37. The van der Waals surface area contributed by atoms with E-state index in [4.69, 9.17) is 34.8 Å². The number of carbonyl (C=O) groups excluding carboxylic acids is 1. The highest BCUT2D eigenvalue weighted by Gasteiger charge is 2.32. The van der Waals surface area contributed by atoms with Gasteiger partial charge in [0.1, 0.15) is 0 Å². The molecule has 1 N–H and O–H groups in total. The van der Waals surface area contributed by atoms with Crippen molar-refractivity contribution in [2.24, 2.45) is 0 Å². The lowest BCUT2D eigenvalue weighted by molar-refractivity contribution is -0.481. The lowest BCUT2D eigenvalue weighted by Crippen LogP contribution is -2.40. The van der Waals surface area contributed by atoms with Gasteiger partial charge in [0.15, 0.2) is 10.7 Å². The van der Waals surface area contributed by atoms with Crippen LogP contribution in [-0.2, 0) is 0 Å². The van der Waals surface area contributed by atoms with E-state index in [0.717, 1.165) is 5.56 Å². The number of nitro groups is 1. The number of anilines is 2. The molecule has 0 aliphatic heterocycles. The minimum atomic E-state index is -1.01. The Labute approximate surface area is 146 Å². The number of nitrogens with zero attached hydrogens (tertiary/aromatic N) is 2. The third-order valence-electron chi connectivity index (χ3n) is 2.85. The molecule has 2 aromatic carbocycles. The van der Waals surface area contributed by atoms with Crippen LogP contribution in [0.15, 0.2) is 36.4 Å². The molecular weight excluding hydrogens is 365 g/mol. The molecule has 0 saturated carbocycles. The number of amides is 2. The predicted molar refractivity (Wildman–Crippen MR) is 91.1 cm³/mol. The molecule has 0 fully saturated rings. The van der Waals surface area contributed by atoms with Gasteiger partial charge in [-0.15, -0.1) is 0 Å². The van der Waals surface area contributed by atoms with Gasteiger partial charge < -0.3 is 5.32 Å². The van der Waals surface area contributed by atoms with Gasteiger partial charge in [0.05, 0.1) is 10.0 Å². The van der Waals surface area contributed by atoms with Crippen molar-refractivity contribution in [3.63, 3.8) is 0 Å². The summed E-state index contributed by atoms with van der Waals surface area (Å²) in [6.07, 6.45) is 0. The number of hydrogen-bond donors (Lipinski definition) is 1. The van der Waals surface area contributed by atoms with Crippen LogP contribution in [0.1, 0.15) is 5.56 Å². The fourth-order valence-corrected chi connectivity index (χ4v) is 2.78. The standard InChI is InChI=1S/C14H10Cl3N3O3/c1-8-2-4-10(5-3-8)18-14(21)19(20(22)23)13-11(16)6-9(15)7-12(13)17/h2-7H,1H3,(H,18,21). The van der Waals surface area contributed by atoms with Crippen molar-refractivity contribution in [1.29, 1.82) is 0 Å². The van der Waals surface area contributed by atoms with E-state index in [-0.39, 0.29) is 25.8 Å². The van der Waals surface area contributed by atoms with Gasteiger partial charge in [-0.05, 0) is 36.2 Å². The zero-order valence-corrected chi connectivity index (χ0v) is 14.0. The van der Waals surface area contributed by atoms with Crippen LogP contribution >= 0.6 is 34.8 Å². The van der Waals surface area contributed by atoms with E-state index in [1.54, 1.807) is 24.3 Å². The predicted octanol–water partition coefficient (Wildman–Crippen LogP) is 5.19. The topological polar surface area (TPSA) is 75.5 Å². The van der Waals surface area contributed by atoms with Gasteiger partial charge in [0, 0.05) is 10.7 Å². The minimum absolute atomic E-state index is 0.113. The summed E-state index contributed by atoms with van der Waals surface area (Å²) in [6, 6.07) is 8.28. The summed E-state index contributed by atoms with van der Waals surface area (Å²) in [5.74, 6) is 0. The van der Waals surface area contributed by atoms with Crippen molar-refractivity contribution in [2.75, 3.05) is 10.3 Å². The summed E-state index contributed by atoms with van der Waals surface area (Å²) in [7, 11) is 0. The van der Waals surface area contributed by atoms with Crippen LogP contribution in [0.25, 0.3) is 0 Å². The molecule has 2 amide bonds. The summed E-state index contributed by atoms with van der Waals surface area (Å²) >= 11 is 17.7. The van der Waals surface area contributed by atoms with Gasteiger partial charge in [0.25, 0.3) is 0 Å². The number of aryl methyl sites for hydroxylation is 1. The lowest BCUT2D eigenvalue weighted by atomic mass is 10.2. The normalized spacial score (nSPS) is 10.3. The second kappa shape index (κ2) is 7.04. The molecule has 120 valence electrons. The highest BCUT2D eigenvalue weighted by molar-refractivity contribution is 6.42. The van der Waals surface area contributed by atoms with Crippen LogP contribution in [0.5, 0.6) is 0 Å². The van der Waals surface area contributed by atoms with Gasteiger partial charge in [0.2, 0.25) is 0 Å². The molecule has 0 radical (unpaired) electrons. The number of benzene rings is 2. The van der Waals surface area contributed by atoms with Crippen LogP contribution in [-0.4, -0.2) is 11.1 Å². The van der Waals surface area contributed by atoms with Crippen molar-refractivity contribution >= 4 is 52.2 Å². The largest absolute Gasteiger partial charge is 0.385 e. The lowest BCUT2D eigenvalue weighted by Gasteiger charge is -2.16. The Morgan fingerprint density at radius 2 is 1.65 bits per heavy atom. The molecule has 9 heteroatoms.